The Morgan fingerprint density at radius 1 is 1.40 bits per heavy atom. The van der Waals surface area contributed by atoms with Gasteiger partial charge in [0.1, 0.15) is 0 Å². The molecule has 2 atom stereocenters. The van der Waals surface area contributed by atoms with Crippen LogP contribution in [-0.2, 0) is 4.79 Å². The highest BCUT2D eigenvalue weighted by molar-refractivity contribution is 9.10. The summed E-state index contributed by atoms with van der Waals surface area (Å²) in [6, 6.07) is 5.19. The number of rotatable bonds is 2. The second-order valence-corrected chi connectivity index (χ2v) is 6.25. The summed E-state index contributed by atoms with van der Waals surface area (Å²) in [7, 11) is 0. The van der Waals surface area contributed by atoms with E-state index in [1.165, 1.54) is 0 Å². The zero-order chi connectivity index (χ0) is 14.9. The van der Waals surface area contributed by atoms with Crippen molar-refractivity contribution in [3.8, 4) is 0 Å². The van der Waals surface area contributed by atoms with Crippen LogP contribution in [0.1, 0.15) is 30.1 Å². The van der Waals surface area contributed by atoms with Crippen LogP contribution in [-0.4, -0.2) is 34.5 Å². The highest BCUT2D eigenvalue weighted by Crippen LogP contribution is 2.30. The molecule has 1 aliphatic rings. The number of hydrogen-bond donors (Lipinski definition) is 1. The maximum atomic E-state index is 12.6. The summed E-state index contributed by atoms with van der Waals surface area (Å²) in [5.41, 5.74) is 0.402. The van der Waals surface area contributed by atoms with E-state index in [4.69, 9.17) is 16.7 Å². The van der Waals surface area contributed by atoms with Crippen molar-refractivity contribution in [2.45, 2.75) is 25.8 Å². The summed E-state index contributed by atoms with van der Waals surface area (Å²) in [5.74, 6) is -1.56. The number of benzene rings is 1. The molecule has 0 radical (unpaired) electrons. The van der Waals surface area contributed by atoms with Gasteiger partial charge in [0, 0.05) is 17.1 Å². The largest absolute Gasteiger partial charge is 0.481 e. The molecule has 0 spiro atoms. The summed E-state index contributed by atoms with van der Waals surface area (Å²) in [5, 5.41) is 9.48. The van der Waals surface area contributed by atoms with Crippen LogP contribution >= 0.6 is 27.5 Å². The first kappa shape index (κ1) is 15.3. The van der Waals surface area contributed by atoms with Gasteiger partial charge in [-0.1, -0.05) is 17.7 Å². The lowest BCUT2D eigenvalue weighted by Gasteiger charge is -2.36. The number of carbonyl (C=O) groups is 2. The molecule has 2 unspecified atom stereocenters. The third-order valence-corrected chi connectivity index (χ3v) is 4.97. The molecule has 2 rings (SSSR count). The second kappa shape index (κ2) is 6.14. The molecule has 1 aliphatic heterocycles. The Bertz CT molecular complexity index is 549. The maximum absolute atomic E-state index is 12.6. The van der Waals surface area contributed by atoms with E-state index >= 15 is 0 Å². The van der Waals surface area contributed by atoms with Crippen molar-refractivity contribution in [3.63, 3.8) is 0 Å². The van der Waals surface area contributed by atoms with Crippen molar-refractivity contribution in [2.75, 3.05) is 6.54 Å². The molecule has 108 valence electrons. The summed E-state index contributed by atoms with van der Waals surface area (Å²) in [4.78, 5) is 25.3. The fraction of sp³-hybridized carbons (Fsp3) is 0.429. The van der Waals surface area contributed by atoms with Gasteiger partial charge < -0.3 is 10.0 Å². The first-order valence-electron chi connectivity index (χ1n) is 6.39. The molecule has 0 aliphatic carbocycles. The van der Waals surface area contributed by atoms with E-state index in [-0.39, 0.29) is 18.5 Å². The number of likely N-dealkylation sites (tertiary alicyclic amines) is 1. The molecule has 1 amide bonds. The third kappa shape index (κ3) is 2.99. The van der Waals surface area contributed by atoms with E-state index in [1.807, 2.05) is 6.92 Å². The number of carbonyl (C=O) groups excluding carboxylic acids is 1. The van der Waals surface area contributed by atoms with E-state index in [0.29, 0.717) is 27.9 Å². The number of amides is 1. The Morgan fingerprint density at radius 3 is 2.75 bits per heavy atom. The van der Waals surface area contributed by atoms with Crippen LogP contribution in [0.5, 0.6) is 0 Å². The van der Waals surface area contributed by atoms with Gasteiger partial charge in [-0.15, -0.1) is 0 Å². The van der Waals surface area contributed by atoms with Crippen LogP contribution in [0.4, 0.5) is 0 Å². The second-order valence-electron chi connectivity index (χ2n) is 5.02. The summed E-state index contributed by atoms with van der Waals surface area (Å²) in [6.45, 7) is 2.17. The normalized spacial score (nSPS) is 22.6. The van der Waals surface area contributed by atoms with Gasteiger partial charge in [0.05, 0.1) is 16.5 Å². The highest BCUT2D eigenvalue weighted by Gasteiger charge is 2.33. The minimum absolute atomic E-state index is 0.0214. The lowest BCUT2D eigenvalue weighted by molar-refractivity contribution is -0.143. The Balaban J connectivity index is 2.26. The van der Waals surface area contributed by atoms with Crippen LogP contribution < -0.4 is 0 Å². The van der Waals surface area contributed by atoms with Gasteiger partial charge in [0.25, 0.3) is 5.91 Å². The molecular formula is C14H15BrClNO3. The van der Waals surface area contributed by atoms with Crippen LogP contribution in [0.15, 0.2) is 22.7 Å². The van der Waals surface area contributed by atoms with Crippen molar-refractivity contribution in [2.24, 2.45) is 5.92 Å². The van der Waals surface area contributed by atoms with Gasteiger partial charge in [0.2, 0.25) is 0 Å². The number of hydrogen-bond acceptors (Lipinski definition) is 2. The summed E-state index contributed by atoms with van der Waals surface area (Å²) < 4.78 is 0.657. The van der Waals surface area contributed by atoms with Crippen LogP contribution in [0, 0.1) is 5.92 Å². The van der Waals surface area contributed by atoms with E-state index in [9.17, 15) is 9.59 Å². The Kier molecular flexibility index (Phi) is 4.70. The van der Waals surface area contributed by atoms with Crippen molar-refractivity contribution in [3.05, 3.63) is 33.3 Å². The van der Waals surface area contributed by atoms with Gasteiger partial charge in [-0.05, 0) is 47.8 Å². The molecule has 20 heavy (non-hydrogen) atoms. The molecule has 1 saturated heterocycles. The Morgan fingerprint density at radius 2 is 2.10 bits per heavy atom. The molecule has 0 saturated carbocycles. The number of halogens is 2. The van der Waals surface area contributed by atoms with Gasteiger partial charge >= 0.3 is 5.97 Å². The quantitative estimate of drug-likeness (QED) is 0.879. The first-order valence-corrected chi connectivity index (χ1v) is 7.56. The topological polar surface area (TPSA) is 57.6 Å². The molecule has 0 bridgehead atoms. The Hall–Kier alpha value is -1.07. The van der Waals surface area contributed by atoms with E-state index in [2.05, 4.69) is 15.9 Å². The van der Waals surface area contributed by atoms with Crippen molar-refractivity contribution < 1.29 is 14.7 Å². The van der Waals surface area contributed by atoms with Crippen molar-refractivity contribution in [1.29, 1.82) is 0 Å². The molecule has 0 aromatic heterocycles. The van der Waals surface area contributed by atoms with Crippen LogP contribution in [0.25, 0.3) is 0 Å². The maximum Gasteiger partial charge on any atom is 0.308 e. The van der Waals surface area contributed by atoms with Crippen molar-refractivity contribution in [1.82, 2.24) is 4.90 Å². The zero-order valence-electron chi connectivity index (χ0n) is 11.0. The number of piperidine rings is 1. The number of carboxylic acids is 1. The van der Waals surface area contributed by atoms with Gasteiger partial charge in [-0.2, -0.15) is 0 Å². The average molecular weight is 361 g/mol. The van der Waals surface area contributed by atoms with E-state index in [0.717, 1.165) is 0 Å². The molecule has 1 fully saturated rings. The molecule has 1 aromatic rings. The van der Waals surface area contributed by atoms with Crippen LogP contribution in [0.2, 0.25) is 5.02 Å². The molecule has 4 nitrogen and oxygen atoms in total. The predicted octanol–water partition coefficient (Wildman–Crippen LogP) is 3.43. The molecule has 1 aromatic carbocycles. The van der Waals surface area contributed by atoms with Gasteiger partial charge in [-0.3, -0.25) is 9.59 Å². The highest BCUT2D eigenvalue weighted by atomic mass is 79.9. The molecule has 1 N–H and O–H groups in total. The fourth-order valence-corrected chi connectivity index (χ4v) is 2.99. The predicted molar refractivity (Wildman–Crippen MR) is 80.0 cm³/mol. The standard InChI is InChI=1S/C14H15BrClNO3/c1-8-5-6-9(14(19)20)7-17(8)13(18)10-3-2-4-11(15)12(10)16/h2-4,8-9H,5-7H2,1H3,(H,19,20). The first-order chi connectivity index (χ1) is 9.41. The van der Waals surface area contributed by atoms with Crippen molar-refractivity contribution >= 4 is 39.4 Å². The van der Waals surface area contributed by atoms with Gasteiger partial charge in [-0.25, -0.2) is 0 Å². The smallest absolute Gasteiger partial charge is 0.308 e. The lowest BCUT2D eigenvalue weighted by Crippen LogP contribution is -2.47. The van der Waals surface area contributed by atoms with Crippen LogP contribution in [0.3, 0.4) is 0 Å². The number of nitrogens with zero attached hydrogens (tertiary/aromatic N) is 1. The molecule has 1 heterocycles. The minimum Gasteiger partial charge on any atom is -0.481 e. The van der Waals surface area contributed by atoms with Gasteiger partial charge in [0.15, 0.2) is 0 Å². The minimum atomic E-state index is -0.852. The molecule has 6 heteroatoms. The fourth-order valence-electron chi connectivity index (χ4n) is 2.42. The summed E-state index contributed by atoms with van der Waals surface area (Å²) >= 11 is 9.44. The van der Waals surface area contributed by atoms with E-state index < -0.39 is 11.9 Å². The summed E-state index contributed by atoms with van der Waals surface area (Å²) in [6.07, 6.45) is 1.29. The SMILES string of the molecule is CC1CCC(C(=O)O)CN1C(=O)c1cccc(Br)c1Cl. The lowest BCUT2D eigenvalue weighted by atomic mass is 9.93. The average Bonchev–Trinajstić information content (AvgIpc) is 2.41. The number of aliphatic carboxylic acids is 1. The monoisotopic (exact) mass is 359 g/mol. The third-order valence-electron chi connectivity index (χ3n) is 3.67. The van der Waals surface area contributed by atoms with E-state index in [1.54, 1.807) is 23.1 Å². The molecular weight excluding hydrogens is 346 g/mol. The number of carboxylic acid groups (broad SMARTS) is 1. The Labute approximate surface area is 130 Å². The zero-order valence-corrected chi connectivity index (χ0v) is 13.3.